The van der Waals surface area contributed by atoms with Gasteiger partial charge < -0.3 is 0 Å². The minimum atomic E-state index is 1.19. The van der Waals surface area contributed by atoms with Crippen LogP contribution >= 0.6 is 0 Å². The lowest BCUT2D eigenvalue weighted by atomic mass is 9.88. The summed E-state index contributed by atoms with van der Waals surface area (Å²) in [5.74, 6) is 0. The maximum Gasteiger partial charge on any atom is -0.00990 e. The third-order valence-electron chi connectivity index (χ3n) is 19.5. The Balaban J connectivity index is 0.000000116. The molecule has 0 aliphatic carbocycles. The first-order valence-electron chi connectivity index (χ1n) is 32.8. The number of rotatable bonds is 7. The first-order valence-corrected chi connectivity index (χ1v) is 32.8. The van der Waals surface area contributed by atoms with Crippen LogP contribution in [-0.2, 0) is 0 Å². The van der Waals surface area contributed by atoms with Gasteiger partial charge in [-0.05, 0) is 240 Å². The molecule has 0 fully saturated rings. The van der Waals surface area contributed by atoms with Gasteiger partial charge in [-0.2, -0.15) is 0 Å². The van der Waals surface area contributed by atoms with Crippen LogP contribution < -0.4 is 0 Å². The van der Waals surface area contributed by atoms with E-state index in [4.69, 9.17) is 0 Å². The quantitative estimate of drug-likeness (QED) is 0.149. The van der Waals surface area contributed by atoms with Gasteiger partial charge in [0.05, 0.1) is 0 Å². The highest BCUT2D eigenvalue weighted by Gasteiger charge is 2.17. The second-order valence-electron chi connectivity index (χ2n) is 25.5. The predicted molar refractivity (Wildman–Crippen MR) is 411 cm³/mol. The Labute approximate surface area is 552 Å². The van der Waals surface area contributed by atoms with E-state index >= 15 is 0 Å². The molecule has 0 heterocycles. The van der Waals surface area contributed by atoms with Gasteiger partial charge >= 0.3 is 0 Å². The molecule has 0 unspecified atom stereocenters. The lowest BCUT2D eigenvalue weighted by Gasteiger charge is -2.15. The van der Waals surface area contributed by atoms with E-state index in [0.29, 0.717) is 0 Å². The summed E-state index contributed by atoms with van der Waals surface area (Å²) >= 11 is 0. The van der Waals surface area contributed by atoms with Gasteiger partial charge in [0.15, 0.2) is 0 Å². The van der Waals surface area contributed by atoms with Crippen molar-refractivity contribution in [3.8, 4) is 66.8 Å². The zero-order valence-corrected chi connectivity index (χ0v) is 54.2. The Morgan fingerprint density at radius 3 is 0.787 bits per heavy atom. The topological polar surface area (TPSA) is 0 Å². The van der Waals surface area contributed by atoms with Crippen molar-refractivity contribution in [2.45, 2.75) is 41.5 Å². The number of hydrogen-bond acceptors (Lipinski definition) is 0. The third-order valence-corrected chi connectivity index (χ3v) is 19.5. The van der Waals surface area contributed by atoms with E-state index in [1.54, 1.807) is 0 Å². The minimum absolute atomic E-state index is 1.19. The van der Waals surface area contributed by atoms with Gasteiger partial charge in [0.25, 0.3) is 0 Å². The van der Waals surface area contributed by atoms with Crippen molar-refractivity contribution >= 4 is 92.3 Å². The van der Waals surface area contributed by atoms with Gasteiger partial charge in [-0.25, -0.2) is 0 Å². The van der Waals surface area contributed by atoms with Crippen molar-refractivity contribution < 1.29 is 0 Å². The Morgan fingerprint density at radius 1 is 0.191 bits per heavy atom. The van der Waals surface area contributed by atoms with Crippen LogP contribution in [0.15, 0.2) is 316 Å². The maximum atomic E-state index is 3.98. The monoisotopic (exact) mass is 1200 g/mol. The molecule has 17 rings (SSSR count). The Kier molecular flexibility index (Phi) is 15.7. The van der Waals surface area contributed by atoms with E-state index < -0.39 is 0 Å². The molecule has 0 aliphatic heterocycles. The van der Waals surface area contributed by atoms with Crippen LogP contribution in [0, 0.1) is 41.5 Å². The molecular weight excluding hydrogens is 1130 g/mol. The smallest absolute Gasteiger partial charge is 0.00990 e. The highest BCUT2D eigenvalue weighted by Crippen LogP contribution is 2.43. The summed E-state index contributed by atoms with van der Waals surface area (Å²) in [6.45, 7) is 17.0. The van der Waals surface area contributed by atoms with Crippen molar-refractivity contribution in [3.63, 3.8) is 0 Å². The van der Waals surface area contributed by atoms with Gasteiger partial charge in [0.2, 0.25) is 0 Å². The van der Waals surface area contributed by atoms with Gasteiger partial charge in [-0.3, -0.25) is 0 Å². The van der Waals surface area contributed by atoms with Gasteiger partial charge in [0, 0.05) is 0 Å². The van der Waals surface area contributed by atoms with Crippen molar-refractivity contribution in [2.24, 2.45) is 0 Å². The average molecular weight is 1200 g/mol. The van der Waals surface area contributed by atoms with E-state index in [9.17, 15) is 0 Å². The zero-order valence-electron chi connectivity index (χ0n) is 54.2. The molecule has 0 heteroatoms. The van der Waals surface area contributed by atoms with E-state index in [1.807, 2.05) is 6.08 Å². The standard InChI is InChI=1S/2C32H24.C30H24/c1-21-17-19-31(25-11-5-3-9-23(21)25)29-15-7-14-28-27(29)13-8-16-30(28)32-20-18-22(2)24-10-4-6-12-26(24)32;1-21-9-11-25-19-27(15-13-23(25)17-21)29-5-3-8-32-30(6-4-7-31(29)32)28-16-14-24-18-22(2)10-12-26(24)20-28;1-4-22-19-23(17-15-20(22)2)25-11-7-13-28-27(25)12-8-14-29(28)30-18-16-21(3)24-9-5-6-10-26(24)30/h2*3-20H,1-2H3;4-19H,1H2,2-3H3. The van der Waals surface area contributed by atoms with Crippen LogP contribution in [0.3, 0.4) is 0 Å². The number of hydrogen-bond donors (Lipinski definition) is 0. The maximum absolute atomic E-state index is 3.98. The van der Waals surface area contributed by atoms with Gasteiger partial charge in [-0.1, -0.05) is 315 Å². The molecule has 0 bridgehead atoms. The van der Waals surface area contributed by atoms with Gasteiger partial charge in [-0.15, -0.1) is 0 Å². The van der Waals surface area contributed by atoms with Gasteiger partial charge in [0.1, 0.15) is 0 Å². The molecule has 17 aromatic carbocycles. The van der Waals surface area contributed by atoms with Crippen molar-refractivity contribution in [2.75, 3.05) is 0 Å². The fourth-order valence-corrected chi connectivity index (χ4v) is 14.5. The highest BCUT2D eigenvalue weighted by atomic mass is 14.2. The molecule has 448 valence electrons. The van der Waals surface area contributed by atoms with E-state index in [1.165, 1.54) is 192 Å². The summed E-state index contributed by atoms with van der Waals surface area (Å²) in [6, 6.07) is 113. The van der Waals surface area contributed by atoms with Crippen LogP contribution in [0.4, 0.5) is 0 Å². The van der Waals surface area contributed by atoms with Crippen molar-refractivity contribution in [1.82, 2.24) is 0 Å². The summed E-state index contributed by atoms with van der Waals surface area (Å²) in [5, 5.41) is 20.8. The number of fused-ring (bicyclic) bond motifs is 8. The fourth-order valence-electron chi connectivity index (χ4n) is 14.5. The summed E-state index contributed by atoms with van der Waals surface area (Å²) in [5.41, 5.74) is 24.3. The highest BCUT2D eigenvalue weighted by molar-refractivity contribution is 6.14. The van der Waals surface area contributed by atoms with Crippen LogP contribution in [-0.4, -0.2) is 0 Å². The molecule has 94 heavy (non-hydrogen) atoms. The first-order chi connectivity index (χ1) is 46.0. The third kappa shape index (κ3) is 11.0. The Hall–Kier alpha value is -11.4. The molecule has 0 aromatic heterocycles. The normalized spacial score (nSPS) is 11.3. The first kappa shape index (κ1) is 58.9. The summed E-state index contributed by atoms with van der Waals surface area (Å²) in [7, 11) is 0. The van der Waals surface area contributed by atoms with Crippen LogP contribution in [0.5, 0.6) is 0 Å². The molecular formula is C94H72. The Bertz CT molecular complexity index is 5580. The van der Waals surface area contributed by atoms with E-state index in [0.717, 1.165) is 0 Å². The molecule has 0 saturated carbocycles. The summed E-state index contributed by atoms with van der Waals surface area (Å²) < 4.78 is 0. The van der Waals surface area contributed by atoms with Crippen LogP contribution in [0.2, 0.25) is 0 Å². The zero-order chi connectivity index (χ0) is 64.0. The molecule has 0 aliphatic rings. The minimum Gasteiger partial charge on any atom is -0.0985 e. The molecule has 0 amide bonds. The molecule has 0 saturated heterocycles. The predicted octanol–water partition coefficient (Wildman–Crippen LogP) is 26.8. The van der Waals surface area contributed by atoms with Crippen molar-refractivity contribution in [1.29, 1.82) is 0 Å². The largest absolute Gasteiger partial charge is 0.0985 e. The summed E-state index contributed by atoms with van der Waals surface area (Å²) in [4.78, 5) is 0. The number of aryl methyl sites for hydroxylation is 6. The van der Waals surface area contributed by atoms with E-state index in [-0.39, 0.29) is 0 Å². The summed E-state index contributed by atoms with van der Waals surface area (Å²) in [6.07, 6.45) is 1.94. The van der Waals surface area contributed by atoms with Crippen molar-refractivity contribution in [3.05, 3.63) is 355 Å². The van der Waals surface area contributed by atoms with E-state index in [2.05, 4.69) is 358 Å². The molecule has 17 aromatic rings. The molecule has 0 spiro atoms. The van der Waals surface area contributed by atoms with Crippen LogP contribution in [0.25, 0.3) is 159 Å². The lowest BCUT2D eigenvalue weighted by molar-refractivity contribution is 1.44. The Morgan fingerprint density at radius 2 is 0.436 bits per heavy atom. The average Bonchev–Trinajstić information content (AvgIpc) is 0.775. The SMILES string of the molecule is C=Cc1cc(-c2cccc3c(-c4ccc(C)c5ccccc45)cccc23)ccc1C.Cc1ccc(-c2cccc3c(-c4ccc(C)c5ccccc45)cccc23)c2ccccc12.Cc1ccc2cc(-c3cccc4c(-c5ccc6cc(C)ccc6c5)cccc34)ccc2c1. The second kappa shape index (κ2) is 25.0. The second-order valence-corrected chi connectivity index (χ2v) is 25.5. The van der Waals surface area contributed by atoms with Crippen LogP contribution in [0.1, 0.15) is 38.9 Å². The lowest BCUT2D eigenvalue weighted by Crippen LogP contribution is -1.89. The molecule has 0 nitrogen and oxygen atoms in total. The number of benzene rings is 17. The molecule has 0 atom stereocenters. The fraction of sp³-hybridized carbons (Fsp3) is 0.0638. The molecule has 0 N–H and O–H groups in total. The molecule has 0 radical (unpaired) electrons.